The third kappa shape index (κ3) is 3.68. The SMILES string of the molecule is NS(=O)(=O)C1CCN(CCc2ccc(Cl)cc2)C1. The van der Waals surface area contributed by atoms with Gasteiger partial charge in [-0.2, -0.15) is 0 Å². The third-order valence-corrected chi connectivity index (χ3v) is 4.89. The third-order valence-electron chi connectivity index (χ3n) is 3.32. The Morgan fingerprint density at radius 1 is 1.33 bits per heavy atom. The van der Waals surface area contributed by atoms with Gasteiger partial charge in [0.15, 0.2) is 0 Å². The highest BCUT2D eigenvalue weighted by Gasteiger charge is 2.30. The molecule has 18 heavy (non-hydrogen) atoms. The first-order valence-corrected chi connectivity index (χ1v) is 7.92. The number of halogens is 1. The first kappa shape index (κ1) is 13.8. The van der Waals surface area contributed by atoms with Crippen molar-refractivity contribution >= 4 is 21.6 Å². The predicted octanol–water partition coefficient (Wildman–Crippen LogP) is 1.25. The quantitative estimate of drug-likeness (QED) is 0.907. The normalized spacial score (nSPS) is 21.3. The first-order chi connectivity index (χ1) is 8.45. The monoisotopic (exact) mass is 288 g/mol. The maximum absolute atomic E-state index is 11.2. The highest BCUT2D eigenvalue weighted by Crippen LogP contribution is 2.16. The number of primary sulfonamides is 1. The van der Waals surface area contributed by atoms with E-state index in [1.807, 2.05) is 24.3 Å². The summed E-state index contributed by atoms with van der Waals surface area (Å²) in [5.41, 5.74) is 1.21. The highest BCUT2D eigenvalue weighted by molar-refractivity contribution is 7.89. The van der Waals surface area contributed by atoms with Crippen LogP contribution in [-0.2, 0) is 16.4 Å². The van der Waals surface area contributed by atoms with E-state index in [1.165, 1.54) is 5.56 Å². The summed E-state index contributed by atoms with van der Waals surface area (Å²) in [5.74, 6) is 0. The van der Waals surface area contributed by atoms with E-state index in [0.29, 0.717) is 13.0 Å². The number of hydrogen-bond acceptors (Lipinski definition) is 3. The molecule has 0 aliphatic carbocycles. The molecule has 1 unspecified atom stereocenters. The van der Waals surface area contributed by atoms with Crippen molar-refractivity contribution in [3.8, 4) is 0 Å². The van der Waals surface area contributed by atoms with Crippen molar-refractivity contribution < 1.29 is 8.42 Å². The smallest absolute Gasteiger partial charge is 0.213 e. The maximum atomic E-state index is 11.2. The summed E-state index contributed by atoms with van der Waals surface area (Å²) in [6.07, 6.45) is 1.54. The summed E-state index contributed by atoms with van der Waals surface area (Å²) in [4.78, 5) is 2.14. The minimum atomic E-state index is -3.38. The van der Waals surface area contributed by atoms with Gasteiger partial charge in [-0.05, 0) is 37.1 Å². The first-order valence-electron chi connectivity index (χ1n) is 5.93. The van der Waals surface area contributed by atoms with Crippen molar-refractivity contribution in [2.75, 3.05) is 19.6 Å². The number of sulfonamides is 1. The molecule has 0 amide bonds. The van der Waals surface area contributed by atoms with Gasteiger partial charge >= 0.3 is 0 Å². The molecule has 0 spiro atoms. The zero-order valence-electron chi connectivity index (χ0n) is 10.0. The van der Waals surface area contributed by atoms with Crippen molar-refractivity contribution in [2.24, 2.45) is 5.14 Å². The molecule has 4 nitrogen and oxygen atoms in total. The van der Waals surface area contributed by atoms with Crippen molar-refractivity contribution in [3.05, 3.63) is 34.9 Å². The van der Waals surface area contributed by atoms with Gasteiger partial charge in [0.25, 0.3) is 0 Å². The Labute approximate surface area is 113 Å². The van der Waals surface area contributed by atoms with Gasteiger partial charge in [-0.15, -0.1) is 0 Å². The van der Waals surface area contributed by atoms with Crippen LogP contribution in [0.4, 0.5) is 0 Å². The van der Waals surface area contributed by atoms with Crippen molar-refractivity contribution in [1.29, 1.82) is 0 Å². The minimum absolute atomic E-state index is 0.400. The second-order valence-corrected chi connectivity index (χ2v) is 6.96. The lowest BCUT2D eigenvalue weighted by atomic mass is 10.1. The fourth-order valence-corrected chi connectivity index (χ4v) is 3.19. The van der Waals surface area contributed by atoms with Crippen LogP contribution < -0.4 is 5.14 Å². The van der Waals surface area contributed by atoms with Gasteiger partial charge in [-0.1, -0.05) is 23.7 Å². The fraction of sp³-hybridized carbons (Fsp3) is 0.500. The molecule has 1 aliphatic rings. The Hall–Kier alpha value is -0.620. The van der Waals surface area contributed by atoms with E-state index in [-0.39, 0.29) is 0 Å². The van der Waals surface area contributed by atoms with Gasteiger partial charge in [-0.3, -0.25) is 0 Å². The number of rotatable bonds is 4. The van der Waals surface area contributed by atoms with Crippen LogP contribution in [0.25, 0.3) is 0 Å². The molecule has 1 atom stereocenters. The van der Waals surface area contributed by atoms with Crippen LogP contribution in [0, 0.1) is 0 Å². The van der Waals surface area contributed by atoms with Gasteiger partial charge in [0, 0.05) is 18.1 Å². The average molecular weight is 289 g/mol. The van der Waals surface area contributed by atoms with E-state index in [2.05, 4.69) is 4.90 Å². The van der Waals surface area contributed by atoms with E-state index < -0.39 is 15.3 Å². The Morgan fingerprint density at radius 3 is 2.56 bits per heavy atom. The van der Waals surface area contributed by atoms with Gasteiger partial charge in [0.2, 0.25) is 10.0 Å². The lowest BCUT2D eigenvalue weighted by molar-refractivity contribution is 0.343. The zero-order valence-corrected chi connectivity index (χ0v) is 11.6. The summed E-state index contributed by atoms with van der Waals surface area (Å²) in [7, 11) is -3.38. The molecule has 100 valence electrons. The van der Waals surface area contributed by atoms with Gasteiger partial charge in [0.1, 0.15) is 0 Å². The van der Waals surface area contributed by atoms with Crippen LogP contribution in [0.3, 0.4) is 0 Å². The molecule has 2 rings (SSSR count). The molecule has 1 saturated heterocycles. The molecule has 2 N–H and O–H groups in total. The molecule has 6 heteroatoms. The molecule has 0 saturated carbocycles. The number of nitrogens with zero attached hydrogens (tertiary/aromatic N) is 1. The molecular formula is C12H17ClN2O2S. The van der Waals surface area contributed by atoms with E-state index in [0.717, 1.165) is 24.5 Å². The second-order valence-electron chi connectivity index (χ2n) is 4.68. The molecule has 1 fully saturated rings. The summed E-state index contributed by atoms with van der Waals surface area (Å²) >= 11 is 5.82. The molecule has 0 aromatic heterocycles. The molecule has 1 aromatic rings. The van der Waals surface area contributed by atoms with E-state index in [4.69, 9.17) is 16.7 Å². The van der Waals surface area contributed by atoms with Crippen LogP contribution >= 0.6 is 11.6 Å². The topological polar surface area (TPSA) is 63.4 Å². The zero-order chi connectivity index (χ0) is 13.2. The Kier molecular flexibility index (Phi) is 4.27. The summed E-state index contributed by atoms with van der Waals surface area (Å²) < 4.78 is 22.5. The number of nitrogens with two attached hydrogens (primary N) is 1. The van der Waals surface area contributed by atoms with E-state index in [1.54, 1.807) is 0 Å². The summed E-state index contributed by atoms with van der Waals surface area (Å²) in [6, 6.07) is 7.73. The van der Waals surface area contributed by atoms with E-state index >= 15 is 0 Å². The second kappa shape index (κ2) is 5.57. The lowest BCUT2D eigenvalue weighted by Crippen LogP contribution is -2.32. The lowest BCUT2D eigenvalue weighted by Gasteiger charge is -2.15. The molecular weight excluding hydrogens is 272 g/mol. The van der Waals surface area contributed by atoms with Crippen molar-refractivity contribution in [2.45, 2.75) is 18.1 Å². The Bertz CT molecular complexity index is 501. The number of likely N-dealkylation sites (tertiary alicyclic amines) is 1. The van der Waals surface area contributed by atoms with Gasteiger partial charge in [0.05, 0.1) is 5.25 Å². The maximum Gasteiger partial charge on any atom is 0.213 e. The van der Waals surface area contributed by atoms with Crippen LogP contribution in [0.15, 0.2) is 24.3 Å². The van der Waals surface area contributed by atoms with Crippen molar-refractivity contribution in [3.63, 3.8) is 0 Å². The van der Waals surface area contributed by atoms with Crippen molar-refractivity contribution in [1.82, 2.24) is 4.90 Å². The van der Waals surface area contributed by atoms with Crippen LogP contribution in [0.2, 0.25) is 5.02 Å². The predicted molar refractivity (Wildman–Crippen MR) is 73.1 cm³/mol. The van der Waals surface area contributed by atoms with Crippen LogP contribution in [0.1, 0.15) is 12.0 Å². The standard InChI is InChI=1S/C12H17ClN2O2S/c13-11-3-1-10(2-4-11)5-7-15-8-6-12(9-15)18(14,16)17/h1-4,12H,5-9H2,(H2,14,16,17). The Morgan fingerprint density at radius 2 is 2.00 bits per heavy atom. The van der Waals surface area contributed by atoms with Crippen LogP contribution in [0.5, 0.6) is 0 Å². The molecule has 1 aliphatic heterocycles. The van der Waals surface area contributed by atoms with E-state index in [9.17, 15) is 8.42 Å². The molecule has 1 aromatic carbocycles. The molecule has 0 radical (unpaired) electrons. The molecule has 1 heterocycles. The highest BCUT2D eigenvalue weighted by atomic mass is 35.5. The summed E-state index contributed by atoms with van der Waals surface area (Å²) in [5, 5.41) is 5.49. The van der Waals surface area contributed by atoms with Gasteiger partial charge < -0.3 is 4.90 Å². The average Bonchev–Trinajstić information content (AvgIpc) is 2.77. The largest absolute Gasteiger partial charge is 0.302 e. The van der Waals surface area contributed by atoms with Gasteiger partial charge in [-0.25, -0.2) is 13.6 Å². The minimum Gasteiger partial charge on any atom is -0.302 e. The fourth-order valence-electron chi connectivity index (χ4n) is 2.21. The number of hydrogen-bond donors (Lipinski definition) is 1. The van der Waals surface area contributed by atoms with Crippen LogP contribution in [-0.4, -0.2) is 38.2 Å². The molecule has 0 bridgehead atoms. The Balaban J connectivity index is 1.84. The summed E-state index contributed by atoms with van der Waals surface area (Å²) in [6.45, 7) is 2.20. The number of benzene rings is 1.